The standard InChI is InChI=1S/C8H12N2O2/c1-9-7-5-6(10(2)12)3-4-8(7)11/h3-5,9,11-12H,1-2H3/p-1. The second-order valence-corrected chi connectivity index (χ2v) is 2.45. The zero-order valence-corrected chi connectivity index (χ0v) is 7.03. The van der Waals surface area contributed by atoms with Gasteiger partial charge in [0.2, 0.25) is 0 Å². The molecule has 0 fully saturated rings. The highest BCUT2D eigenvalue weighted by molar-refractivity contribution is 5.63. The molecule has 12 heavy (non-hydrogen) atoms. The van der Waals surface area contributed by atoms with Gasteiger partial charge in [-0.25, -0.2) is 0 Å². The van der Waals surface area contributed by atoms with Gasteiger partial charge >= 0.3 is 0 Å². The molecule has 0 saturated carbocycles. The molecule has 1 rings (SSSR count). The second kappa shape index (κ2) is 3.32. The molecule has 0 aromatic heterocycles. The Balaban J connectivity index is 3.05. The van der Waals surface area contributed by atoms with Crippen molar-refractivity contribution in [1.29, 1.82) is 0 Å². The fraction of sp³-hybridized carbons (Fsp3) is 0.250. The van der Waals surface area contributed by atoms with Gasteiger partial charge in [0.1, 0.15) is 0 Å². The Labute approximate surface area is 71.0 Å². The molecule has 0 spiro atoms. The van der Waals surface area contributed by atoms with E-state index >= 15 is 0 Å². The zero-order valence-electron chi connectivity index (χ0n) is 7.03. The van der Waals surface area contributed by atoms with Crippen molar-refractivity contribution >= 4 is 11.4 Å². The molecule has 0 unspecified atom stereocenters. The van der Waals surface area contributed by atoms with Crippen molar-refractivity contribution in [3.8, 4) is 5.75 Å². The van der Waals surface area contributed by atoms with Crippen LogP contribution in [-0.2, 0) is 0 Å². The summed E-state index contributed by atoms with van der Waals surface area (Å²) in [4.78, 5) is 0. The first kappa shape index (κ1) is 8.67. The third-order valence-corrected chi connectivity index (χ3v) is 1.61. The smallest absolute Gasteiger partial charge is 0.0650 e. The van der Waals surface area contributed by atoms with Crippen LogP contribution in [0.4, 0.5) is 11.4 Å². The second-order valence-electron chi connectivity index (χ2n) is 2.45. The van der Waals surface area contributed by atoms with Gasteiger partial charge in [-0.05, 0) is 12.1 Å². The fourth-order valence-electron chi connectivity index (χ4n) is 0.915. The highest BCUT2D eigenvalue weighted by Gasteiger charge is 1.97. The van der Waals surface area contributed by atoms with Gasteiger partial charge in [-0.15, -0.1) is 0 Å². The molecule has 0 atom stereocenters. The summed E-state index contributed by atoms with van der Waals surface area (Å²) in [5, 5.41) is 23.8. The summed E-state index contributed by atoms with van der Waals surface area (Å²) in [7, 11) is 3.16. The van der Waals surface area contributed by atoms with Crippen LogP contribution in [0.25, 0.3) is 0 Å². The van der Waals surface area contributed by atoms with Crippen LogP contribution >= 0.6 is 0 Å². The molecule has 0 saturated heterocycles. The Morgan fingerprint density at radius 1 is 1.50 bits per heavy atom. The van der Waals surface area contributed by atoms with Crippen LogP contribution in [0.1, 0.15) is 0 Å². The number of benzene rings is 1. The summed E-state index contributed by atoms with van der Waals surface area (Å²) in [6, 6.07) is 4.55. The first-order valence-electron chi connectivity index (χ1n) is 3.56. The number of anilines is 2. The minimum absolute atomic E-state index is 0.0805. The van der Waals surface area contributed by atoms with E-state index in [1.54, 1.807) is 19.2 Å². The van der Waals surface area contributed by atoms with Crippen molar-refractivity contribution in [2.24, 2.45) is 0 Å². The third kappa shape index (κ3) is 1.60. The highest BCUT2D eigenvalue weighted by Crippen LogP contribution is 2.24. The molecule has 0 radical (unpaired) electrons. The summed E-state index contributed by atoms with van der Waals surface area (Å²) in [5.41, 5.74) is 1.06. The van der Waals surface area contributed by atoms with Crippen LogP contribution in [0, 0.1) is 0 Å². The maximum atomic E-state index is 11.1. The van der Waals surface area contributed by atoms with Crippen molar-refractivity contribution in [3.63, 3.8) is 0 Å². The van der Waals surface area contributed by atoms with Crippen LogP contribution in [-0.4, -0.2) is 19.3 Å². The Morgan fingerprint density at radius 3 is 2.67 bits per heavy atom. The lowest BCUT2D eigenvalue weighted by molar-refractivity contribution is -0.267. The van der Waals surface area contributed by atoms with Crippen LogP contribution in [0.15, 0.2) is 18.2 Å². The largest absolute Gasteiger partial charge is 0.871 e. The van der Waals surface area contributed by atoms with Gasteiger partial charge in [0.15, 0.2) is 0 Å². The van der Waals surface area contributed by atoms with E-state index in [1.807, 2.05) is 0 Å². The molecule has 0 aliphatic rings. The molecule has 0 bridgehead atoms. The van der Waals surface area contributed by atoms with Crippen LogP contribution in [0.3, 0.4) is 0 Å². The average Bonchev–Trinajstić information content (AvgIpc) is 2.05. The zero-order chi connectivity index (χ0) is 9.14. The van der Waals surface area contributed by atoms with Gasteiger partial charge in [0.05, 0.1) is 5.69 Å². The van der Waals surface area contributed by atoms with Gasteiger partial charge in [0, 0.05) is 19.8 Å². The lowest BCUT2D eigenvalue weighted by Gasteiger charge is -2.17. The molecule has 1 aromatic rings. The van der Waals surface area contributed by atoms with Gasteiger partial charge < -0.3 is 10.4 Å². The molecular formula is C8H11N2O2-. The van der Waals surface area contributed by atoms with Gasteiger partial charge in [-0.2, -0.15) is 0 Å². The first-order valence-corrected chi connectivity index (χ1v) is 3.56. The predicted octanol–water partition coefficient (Wildman–Crippen LogP) is 0.627. The van der Waals surface area contributed by atoms with E-state index in [2.05, 4.69) is 5.32 Å². The fourth-order valence-corrected chi connectivity index (χ4v) is 0.915. The van der Waals surface area contributed by atoms with Crippen molar-refractivity contribution in [2.45, 2.75) is 0 Å². The van der Waals surface area contributed by atoms with E-state index in [9.17, 15) is 5.11 Å². The van der Waals surface area contributed by atoms with Gasteiger partial charge in [-0.3, -0.25) is 10.3 Å². The van der Waals surface area contributed by atoms with E-state index < -0.39 is 0 Å². The Bertz CT molecular complexity index is 274. The number of rotatable bonds is 2. The summed E-state index contributed by atoms with van der Waals surface area (Å²) in [5.74, 6) is -0.0805. The third-order valence-electron chi connectivity index (χ3n) is 1.61. The highest BCUT2D eigenvalue weighted by atomic mass is 16.5. The number of hydroxylamine groups is 1. The number of hydrogen-bond acceptors (Lipinski definition) is 4. The average molecular weight is 167 g/mol. The monoisotopic (exact) mass is 167 g/mol. The molecular weight excluding hydrogens is 156 g/mol. The Morgan fingerprint density at radius 2 is 2.17 bits per heavy atom. The molecule has 0 aliphatic carbocycles. The Kier molecular flexibility index (Phi) is 2.40. The topological polar surface area (TPSA) is 58.6 Å². The number of nitrogens with one attached hydrogen (secondary N) is 1. The van der Waals surface area contributed by atoms with Crippen molar-refractivity contribution in [2.75, 3.05) is 24.5 Å². The SMILES string of the molecule is CNc1cc(N(C)O)ccc1[O-]. The molecule has 0 heterocycles. The summed E-state index contributed by atoms with van der Waals surface area (Å²) in [6.07, 6.45) is 0. The van der Waals surface area contributed by atoms with Crippen molar-refractivity contribution in [1.82, 2.24) is 0 Å². The van der Waals surface area contributed by atoms with E-state index in [4.69, 9.17) is 5.21 Å². The van der Waals surface area contributed by atoms with Crippen molar-refractivity contribution < 1.29 is 10.3 Å². The molecule has 66 valence electrons. The van der Waals surface area contributed by atoms with Crippen LogP contribution < -0.4 is 15.5 Å². The minimum Gasteiger partial charge on any atom is -0.871 e. The van der Waals surface area contributed by atoms with E-state index in [0.29, 0.717) is 11.4 Å². The molecule has 0 aliphatic heterocycles. The molecule has 0 amide bonds. The Hall–Kier alpha value is -1.42. The molecule has 1 aromatic carbocycles. The summed E-state index contributed by atoms with van der Waals surface area (Å²) >= 11 is 0. The van der Waals surface area contributed by atoms with Gasteiger partial charge in [0.25, 0.3) is 0 Å². The molecule has 4 nitrogen and oxygen atoms in total. The number of hydrogen-bond donors (Lipinski definition) is 2. The normalized spacial score (nSPS) is 9.58. The van der Waals surface area contributed by atoms with Crippen LogP contribution in [0.2, 0.25) is 0 Å². The van der Waals surface area contributed by atoms with Crippen LogP contribution in [0.5, 0.6) is 5.75 Å². The van der Waals surface area contributed by atoms with E-state index in [-0.39, 0.29) is 5.75 Å². The molecule has 4 heteroatoms. The van der Waals surface area contributed by atoms with Crippen molar-refractivity contribution in [3.05, 3.63) is 18.2 Å². The first-order chi connectivity index (χ1) is 5.65. The maximum Gasteiger partial charge on any atom is 0.0650 e. The molecule has 2 N–H and O–H groups in total. The summed E-state index contributed by atoms with van der Waals surface area (Å²) in [6.45, 7) is 0. The lowest BCUT2D eigenvalue weighted by Crippen LogP contribution is -2.10. The van der Waals surface area contributed by atoms with E-state index in [1.165, 1.54) is 13.1 Å². The predicted molar refractivity (Wildman–Crippen MR) is 45.6 cm³/mol. The van der Waals surface area contributed by atoms with Gasteiger partial charge in [-0.1, -0.05) is 11.8 Å². The quantitative estimate of drug-likeness (QED) is 0.634. The van der Waals surface area contributed by atoms with E-state index in [0.717, 1.165) is 5.06 Å². The number of nitrogens with zero attached hydrogens (tertiary/aromatic N) is 1. The minimum atomic E-state index is -0.0805. The lowest BCUT2D eigenvalue weighted by atomic mass is 10.2. The maximum absolute atomic E-state index is 11.1. The summed E-state index contributed by atoms with van der Waals surface area (Å²) < 4.78 is 0.